The van der Waals surface area contributed by atoms with Crippen molar-refractivity contribution in [3.05, 3.63) is 52.5 Å². The largest absolute Gasteiger partial charge is 0.497 e. The SMILES string of the molecule is COc1cc(OC)cc(C(=O)Nc2nnc(SCC(=O)Nc3ccc(Br)cc3)s2)c1. The first-order valence-corrected chi connectivity index (χ1v) is 11.1. The maximum atomic E-state index is 12.5. The Balaban J connectivity index is 1.55. The van der Waals surface area contributed by atoms with Gasteiger partial charge < -0.3 is 14.8 Å². The Morgan fingerprint density at radius 3 is 2.33 bits per heavy atom. The summed E-state index contributed by atoms with van der Waals surface area (Å²) < 4.78 is 11.9. The number of anilines is 2. The Morgan fingerprint density at radius 1 is 1.03 bits per heavy atom. The van der Waals surface area contributed by atoms with Crippen LogP contribution in [0.5, 0.6) is 11.5 Å². The molecular formula is C19H17BrN4O4S2. The lowest BCUT2D eigenvalue weighted by atomic mass is 10.2. The number of amides is 2. The van der Waals surface area contributed by atoms with Crippen LogP contribution in [0.3, 0.4) is 0 Å². The molecule has 0 atom stereocenters. The van der Waals surface area contributed by atoms with Crippen LogP contribution >= 0.6 is 39.0 Å². The summed E-state index contributed by atoms with van der Waals surface area (Å²) in [7, 11) is 3.02. The fourth-order valence-electron chi connectivity index (χ4n) is 2.28. The molecule has 0 unspecified atom stereocenters. The predicted molar refractivity (Wildman–Crippen MR) is 121 cm³/mol. The topological polar surface area (TPSA) is 102 Å². The molecule has 1 aromatic heterocycles. The number of halogens is 1. The summed E-state index contributed by atoms with van der Waals surface area (Å²) in [6.07, 6.45) is 0. The Bertz CT molecular complexity index is 1020. The Hall–Kier alpha value is -2.63. The van der Waals surface area contributed by atoms with Gasteiger partial charge >= 0.3 is 0 Å². The number of aromatic nitrogens is 2. The number of nitrogens with zero attached hydrogens (tertiary/aromatic N) is 2. The normalized spacial score (nSPS) is 10.4. The van der Waals surface area contributed by atoms with Crippen LogP contribution in [0.1, 0.15) is 10.4 Å². The average Bonchev–Trinajstić information content (AvgIpc) is 3.20. The molecule has 156 valence electrons. The number of thioether (sulfide) groups is 1. The van der Waals surface area contributed by atoms with Crippen molar-refractivity contribution >= 4 is 61.7 Å². The van der Waals surface area contributed by atoms with Crippen molar-refractivity contribution in [3.63, 3.8) is 0 Å². The highest BCUT2D eigenvalue weighted by atomic mass is 79.9. The minimum absolute atomic E-state index is 0.161. The fourth-order valence-corrected chi connectivity index (χ4v) is 4.10. The van der Waals surface area contributed by atoms with Gasteiger partial charge in [-0.1, -0.05) is 39.0 Å². The van der Waals surface area contributed by atoms with E-state index in [1.54, 1.807) is 30.3 Å². The van der Waals surface area contributed by atoms with E-state index in [4.69, 9.17) is 9.47 Å². The van der Waals surface area contributed by atoms with Crippen molar-refractivity contribution in [2.45, 2.75) is 4.34 Å². The molecule has 11 heteroatoms. The zero-order valence-corrected chi connectivity index (χ0v) is 19.2. The summed E-state index contributed by atoms with van der Waals surface area (Å²) in [6.45, 7) is 0. The lowest BCUT2D eigenvalue weighted by molar-refractivity contribution is -0.113. The predicted octanol–water partition coefficient (Wildman–Crippen LogP) is 4.30. The van der Waals surface area contributed by atoms with Gasteiger partial charge in [0.15, 0.2) is 4.34 Å². The first-order chi connectivity index (χ1) is 14.5. The molecule has 0 aliphatic rings. The van der Waals surface area contributed by atoms with Crippen LogP contribution in [-0.2, 0) is 4.79 Å². The van der Waals surface area contributed by atoms with Gasteiger partial charge in [-0.2, -0.15) is 0 Å². The smallest absolute Gasteiger partial charge is 0.257 e. The van der Waals surface area contributed by atoms with Crippen LogP contribution in [0.4, 0.5) is 10.8 Å². The van der Waals surface area contributed by atoms with E-state index < -0.39 is 0 Å². The van der Waals surface area contributed by atoms with Crippen molar-refractivity contribution in [1.82, 2.24) is 10.2 Å². The molecule has 0 saturated heterocycles. The van der Waals surface area contributed by atoms with Gasteiger partial charge in [-0.25, -0.2) is 0 Å². The van der Waals surface area contributed by atoms with Gasteiger partial charge in [-0.3, -0.25) is 14.9 Å². The minimum atomic E-state index is -0.368. The first kappa shape index (κ1) is 22.1. The molecule has 2 amide bonds. The van der Waals surface area contributed by atoms with Gasteiger partial charge in [0.1, 0.15) is 11.5 Å². The monoisotopic (exact) mass is 508 g/mol. The highest BCUT2D eigenvalue weighted by Gasteiger charge is 2.14. The molecule has 2 N–H and O–H groups in total. The molecule has 0 aliphatic carbocycles. The molecule has 3 rings (SSSR count). The zero-order chi connectivity index (χ0) is 21.5. The lowest BCUT2D eigenvalue weighted by Crippen LogP contribution is -2.13. The lowest BCUT2D eigenvalue weighted by Gasteiger charge is -2.07. The third-order valence-corrected chi connectivity index (χ3v) is 6.20. The Morgan fingerprint density at radius 2 is 1.70 bits per heavy atom. The third-order valence-electron chi connectivity index (χ3n) is 3.70. The highest BCUT2D eigenvalue weighted by molar-refractivity contribution is 9.10. The molecule has 0 saturated carbocycles. The Labute approximate surface area is 189 Å². The summed E-state index contributed by atoms with van der Waals surface area (Å²) in [5.74, 6) is 0.653. The number of hydrogen-bond acceptors (Lipinski definition) is 8. The summed E-state index contributed by atoms with van der Waals surface area (Å²) in [6, 6.07) is 12.2. The van der Waals surface area contributed by atoms with E-state index in [-0.39, 0.29) is 17.6 Å². The number of carbonyl (C=O) groups excluding carboxylic acids is 2. The maximum Gasteiger partial charge on any atom is 0.257 e. The van der Waals surface area contributed by atoms with Crippen molar-refractivity contribution in [2.24, 2.45) is 0 Å². The second kappa shape index (κ2) is 10.4. The van der Waals surface area contributed by atoms with E-state index in [1.165, 1.54) is 37.3 Å². The quantitative estimate of drug-likeness (QED) is 0.345. The number of rotatable bonds is 8. The molecule has 0 fully saturated rings. The molecule has 3 aromatic rings. The van der Waals surface area contributed by atoms with E-state index in [0.717, 1.165) is 4.47 Å². The molecule has 0 spiro atoms. The molecule has 0 radical (unpaired) electrons. The maximum absolute atomic E-state index is 12.5. The highest BCUT2D eigenvalue weighted by Crippen LogP contribution is 2.27. The number of carbonyl (C=O) groups is 2. The molecule has 30 heavy (non-hydrogen) atoms. The summed E-state index contributed by atoms with van der Waals surface area (Å²) in [5, 5.41) is 13.8. The summed E-state index contributed by atoms with van der Waals surface area (Å²) in [5.41, 5.74) is 1.08. The fraction of sp³-hybridized carbons (Fsp3) is 0.158. The van der Waals surface area contributed by atoms with Crippen LogP contribution in [-0.4, -0.2) is 42.0 Å². The van der Waals surface area contributed by atoms with Gasteiger partial charge in [0.05, 0.1) is 20.0 Å². The van der Waals surface area contributed by atoms with Crippen molar-refractivity contribution < 1.29 is 19.1 Å². The number of hydrogen-bond donors (Lipinski definition) is 2. The van der Waals surface area contributed by atoms with Crippen LogP contribution < -0.4 is 20.1 Å². The van der Waals surface area contributed by atoms with Crippen LogP contribution in [0.15, 0.2) is 51.3 Å². The van der Waals surface area contributed by atoms with Crippen molar-refractivity contribution in [2.75, 3.05) is 30.6 Å². The van der Waals surface area contributed by atoms with Crippen molar-refractivity contribution in [3.8, 4) is 11.5 Å². The van der Waals surface area contributed by atoms with Crippen molar-refractivity contribution in [1.29, 1.82) is 0 Å². The minimum Gasteiger partial charge on any atom is -0.497 e. The van der Waals surface area contributed by atoms with E-state index in [2.05, 4.69) is 36.8 Å². The van der Waals surface area contributed by atoms with E-state index in [1.807, 2.05) is 12.1 Å². The molecule has 0 bridgehead atoms. The molecule has 2 aromatic carbocycles. The van der Waals surface area contributed by atoms with Crippen LogP contribution in [0, 0.1) is 0 Å². The Kier molecular flexibility index (Phi) is 7.66. The third kappa shape index (κ3) is 6.18. The van der Waals surface area contributed by atoms with Gasteiger partial charge in [-0.05, 0) is 36.4 Å². The number of nitrogens with one attached hydrogen (secondary N) is 2. The van der Waals surface area contributed by atoms with Crippen LogP contribution in [0.25, 0.3) is 0 Å². The van der Waals surface area contributed by atoms with Gasteiger partial charge in [0, 0.05) is 21.8 Å². The number of benzene rings is 2. The van der Waals surface area contributed by atoms with E-state index >= 15 is 0 Å². The summed E-state index contributed by atoms with van der Waals surface area (Å²) >= 11 is 5.77. The second-order valence-corrected chi connectivity index (χ2v) is 8.89. The van der Waals surface area contributed by atoms with Crippen LogP contribution in [0.2, 0.25) is 0 Å². The zero-order valence-electron chi connectivity index (χ0n) is 16.0. The number of methoxy groups -OCH3 is 2. The van der Waals surface area contributed by atoms with Gasteiger partial charge in [-0.15, -0.1) is 10.2 Å². The number of ether oxygens (including phenoxy) is 2. The molecule has 1 heterocycles. The first-order valence-electron chi connectivity index (χ1n) is 8.53. The molecular weight excluding hydrogens is 492 g/mol. The van der Waals surface area contributed by atoms with Gasteiger partial charge in [0.2, 0.25) is 11.0 Å². The van der Waals surface area contributed by atoms with E-state index in [0.29, 0.717) is 32.2 Å². The average molecular weight is 509 g/mol. The van der Waals surface area contributed by atoms with E-state index in [9.17, 15) is 9.59 Å². The van der Waals surface area contributed by atoms with Gasteiger partial charge in [0.25, 0.3) is 5.91 Å². The standard InChI is InChI=1S/C19H17BrN4O4S2/c1-27-14-7-11(8-15(9-14)28-2)17(26)22-18-23-24-19(30-18)29-10-16(25)21-13-5-3-12(20)4-6-13/h3-9H,10H2,1-2H3,(H,21,25)(H,22,23,26). The summed E-state index contributed by atoms with van der Waals surface area (Å²) in [4.78, 5) is 24.6. The molecule has 0 aliphatic heterocycles. The second-order valence-electron chi connectivity index (χ2n) is 5.77. The molecule has 8 nitrogen and oxygen atoms in total.